The zero-order valence-corrected chi connectivity index (χ0v) is 32.6. The van der Waals surface area contributed by atoms with E-state index in [0.29, 0.717) is 24.3 Å². The monoisotopic (exact) mass is 866 g/mol. The molecule has 0 N–H and O–H groups in total. The molecule has 4 fully saturated rings. The third-order valence-corrected chi connectivity index (χ3v) is 16.5. The second-order valence-corrected chi connectivity index (χ2v) is 19.3. The third kappa shape index (κ3) is 12.5. The standard InChI is InChI=1S/C21H10F12P.C19H30P.Fe/c22-18(23,24)11-5-12(19(25,26)27)8-16(7-11)34(15-3-1-2-4-15)17-9-13(20(28,29)30)6-14(10-17)21(31,32)33;1-16(17-10-8-9-11-17)20(18-12-4-2-5-13-18)19-14-6-3-7-15-19;/h1-10H;8-11,16,18-19H,2-7,12-15H2,1H3;. The first-order valence-electron chi connectivity index (χ1n) is 17.8. The molecule has 4 aliphatic rings. The van der Waals surface area contributed by atoms with Crippen molar-refractivity contribution in [2.45, 2.75) is 113 Å². The second-order valence-electron chi connectivity index (χ2n) is 13.9. The van der Waals surface area contributed by atoms with Gasteiger partial charge in [-0.3, -0.25) is 0 Å². The average Bonchev–Trinajstić information content (AvgIpc) is 3.84. The first kappa shape index (κ1) is 46.7. The van der Waals surface area contributed by atoms with Crippen LogP contribution in [0.25, 0.3) is 0 Å². The van der Waals surface area contributed by atoms with E-state index in [1.807, 2.05) is 0 Å². The fourth-order valence-electron chi connectivity index (χ4n) is 7.62. The third-order valence-electron chi connectivity index (χ3n) is 10.2. The van der Waals surface area contributed by atoms with Gasteiger partial charge in [-0.25, -0.2) is 0 Å². The molecule has 10 radical (unpaired) electrons. The summed E-state index contributed by atoms with van der Waals surface area (Å²) in [7, 11) is -2.47. The predicted octanol–water partition coefficient (Wildman–Crippen LogP) is 13.5. The Hall–Kier alpha value is -1.02. The van der Waals surface area contributed by atoms with Gasteiger partial charge in [-0.2, -0.15) is 52.7 Å². The molecule has 0 saturated heterocycles. The minimum absolute atomic E-state index is 0. The summed E-state index contributed by atoms with van der Waals surface area (Å²) in [6, 6.07) is 0.885. The molecule has 0 bridgehead atoms. The van der Waals surface area contributed by atoms with Crippen molar-refractivity contribution in [1.29, 1.82) is 0 Å². The van der Waals surface area contributed by atoms with E-state index in [1.54, 1.807) is 5.92 Å². The molecule has 0 nitrogen and oxygen atoms in total. The van der Waals surface area contributed by atoms with Crippen LogP contribution in [0.1, 0.15) is 93.4 Å². The fourth-order valence-corrected chi connectivity index (χ4v) is 14.4. The Morgan fingerprint density at radius 3 is 1.09 bits per heavy atom. The number of rotatable bonds is 7. The van der Waals surface area contributed by atoms with Gasteiger partial charge in [0, 0.05) is 22.7 Å². The molecule has 0 aromatic heterocycles. The summed E-state index contributed by atoms with van der Waals surface area (Å²) in [5.41, 5.74) is -3.99. The predicted molar refractivity (Wildman–Crippen MR) is 190 cm³/mol. The molecule has 6 rings (SSSR count). The summed E-state index contributed by atoms with van der Waals surface area (Å²) in [5.74, 6) is 1.63. The van der Waals surface area contributed by atoms with Gasteiger partial charge in [-0.1, -0.05) is 53.4 Å². The molecule has 15 heteroatoms. The van der Waals surface area contributed by atoms with Crippen molar-refractivity contribution in [3.05, 3.63) is 122 Å². The minimum Gasteiger partial charge on any atom is -0.166 e. The Balaban J connectivity index is 0.000000272. The van der Waals surface area contributed by atoms with Gasteiger partial charge in [-0.05, 0) is 155 Å². The Morgan fingerprint density at radius 1 is 0.473 bits per heavy atom. The number of hydrogen-bond acceptors (Lipinski definition) is 0. The van der Waals surface area contributed by atoms with Crippen LogP contribution < -0.4 is 10.6 Å². The molecule has 4 aliphatic carbocycles. The van der Waals surface area contributed by atoms with E-state index in [1.165, 1.54) is 89.9 Å². The van der Waals surface area contributed by atoms with E-state index >= 15 is 0 Å². The van der Waals surface area contributed by atoms with Crippen molar-refractivity contribution in [3.63, 3.8) is 0 Å². The van der Waals surface area contributed by atoms with Crippen molar-refractivity contribution in [2.75, 3.05) is 0 Å². The maximum absolute atomic E-state index is 13.3. The van der Waals surface area contributed by atoms with Gasteiger partial charge in [0.2, 0.25) is 0 Å². The van der Waals surface area contributed by atoms with Crippen LogP contribution in [0.3, 0.4) is 0 Å². The van der Waals surface area contributed by atoms with Crippen LogP contribution in [0.15, 0.2) is 36.4 Å². The van der Waals surface area contributed by atoms with Gasteiger partial charge in [0.1, 0.15) is 0 Å². The molecule has 4 saturated carbocycles. The Kier molecular flexibility index (Phi) is 16.4. The van der Waals surface area contributed by atoms with Crippen LogP contribution in [-0.2, 0) is 41.8 Å². The van der Waals surface area contributed by atoms with Gasteiger partial charge < -0.3 is 0 Å². The van der Waals surface area contributed by atoms with Crippen molar-refractivity contribution in [3.8, 4) is 0 Å². The normalized spacial score (nSPS) is 20.8. The van der Waals surface area contributed by atoms with Crippen LogP contribution in [0, 0.1) is 62.9 Å². The summed E-state index contributed by atoms with van der Waals surface area (Å²) < 4.78 is 160. The molecule has 0 aliphatic heterocycles. The number of benzene rings is 2. The molecule has 1 atom stereocenters. The van der Waals surface area contributed by atoms with Gasteiger partial charge in [0.15, 0.2) is 0 Å². The first-order valence-corrected chi connectivity index (χ1v) is 20.7. The number of hydrogen-bond donors (Lipinski definition) is 0. The van der Waals surface area contributed by atoms with E-state index in [-0.39, 0.29) is 42.8 Å². The van der Waals surface area contributed by atoms with E-state index in [0.717, 1.165) is 17.0 Å². The molecule has 0 amide bonds. The van der Waals surface area contributed by atoms with E-state index in [4.69, 9.17) is 0 Å². The minimum atomic E-state index is -5.26. The molecule has 2 aromatic carbocycles. The topological polar surface area (TPSA) is 0 Å². The molecule has 0 heterocycles. The Morgan fingerprint density at radius 2 is 0.782 bits per heavy atom. The maximum atomic E-state index is 13.3. The summed E-state index contributed by atoms with van der Waals surface area (Å²) in [4.78, 5) is 0. The number of halogens is 12. The van der Waals surface area contributed by atoms with Crippen LogP contribution >= 0.6 is 15.8 Å². The number of alkyl halides is 12. The first-order chi connectivity index (χ1) is 25.2. The molecule has 55 heavy (non-hydrogen) atoms. The fraction of sp³-hybridized carbons (Fsp3) is 0.450. The maximum Gasteiger partial charge on any atom is 0.416 e. The largest absolute Gasteiger partial charge is 0.416 e. The molecule has 302 valence electrons. The van der Waals surface area contributed by atoms with Crippen molar-refractivity contribution >= 4 is 26.5 Å². The second kappa shape index (κ2) is 19.4. The van der Waals surface area contributed by atoms with Crippen LogP contribution in [-0.4, -0.2) is 17.0 Å². The van der Waals surface area contributed by atoms with Crippen LogP contribution in [0.2, 0.25) is 0 Å². The van der Waals surface area contributed by atoms with E-state index in [2.05, 4.69) is 32.6 Å². The van der Waals surface area contributed by atoms with Crippen molar-refractivity contribution in [2.24, 2.45) is 0 Å². The Bertz CT molecular complexity index is 1340. The SMILES string of the molecule is CC([C]1[CH][CH][CH][CH]1)P(C1CCCCC1)C1CCCCC1.FC(F)(F)c1cc(P([C]2[CH][CH][CH][CH]2)c2cc(C(F)(F)F)cc(C(F)(F)F)c2)cc(C(F)(F)F)c1.[Fe]. The quantitative estimate of drug-likeness (QED) is 0.148. The van der Waals surface area contributed by atoms with Crippen molar-refractivity contribution in [1.82, 2.24) is 0 Å². The summed E-state index contributed by atoms with van der Waals surface area (Å²) in [6.07, 6.45) is 8.37. The molecule has 1 unspecified atom stereocenters. The summed E-state index contributed by atoms with van der Waals surface area (Å²) >= 11 is 0. The summed E-state index contributed by atoms with van der Waals surface area (Å²) in [6.45, 7) is 2.55. The van der Waals surface area contributed by atoms with Gasteiger partial charge >= 0.3 is 24.7 Å². The summed E-state index contributed by atoms with van der Waals surface area (Å²) in [5, 5.41) is -1.42. The van der Waals surface area contributed by atoms with Crippen molar-refractivity contribution < 1.29 is 69.8 Å². The molecular weight excluding hydrogens is 826 g/mol. The Labute approximate surface area is 329 Å². The smallest absolute Gasteiger partial charge is 0.166 e. The zero-order chi connectivity index (χ0) is 39.5. The van der Waals surface area contributed by atoms with Crippen LogP contribution in [0.5, 0.6) is 0 Å². The zero-order valence-electron chi connectivity index (χ0n) is 29.7. The molecule has 0 spiro atoms. The van der Waals surface area contributed by atoms with E-state index in [9.17, 15) is 52.7 Å². The molecular formula is C40H40F12FeP2. The van der Waals surface area contributed by atoms with Gasteiger partial charge in [-0.15, -0.1) is 0 Å². The van der Waals surface area contributed by atoms with E-state index < -0.39 is 65.5 Å². The van der Waals surface area contributed by atoms with Crippen LogP contribution in [0.4, 0.5) is 52.7 Å². The van der Waals surface area contributed by atoms with Gasteiger partial charge in [0.25, 0.3) is 0 Å². The molecule has 2 aromatic rings. The average molecular weight is 867 g/mol. The van der Waals surface area contributed by atoms with Gasteiger partial charge in [0.05, 0.1) is 22.3 Å².